The van der Waals surface area contributed by atoms with Gasteiger partial charge < -0.3 is 10.2 Å². The van der Waals surface area contributed by atoms with Crippen molar-refractivity contribution in [2.75, 3.05) is 0 Å². The Labute approximate surface area is 244 Å². The molecule has 0 spiro atoms. The van der Waals surface area contributed by atoms with Gasteiger partial charge in [0.25, 0.3) is 0 Å². The maximum Gasteiger partial charge on any atom is 0.243 e. The van der Waals surface area contributed by atoms with Crippen molar-refractivity contribution in [3.63, 3.8) is 0 Å². The second-order valence-corrected chi connectivity index (χ2v) is 11.3. The van der Waals surface area contributed by atoms with Gasteiger partial charge in [-0.1, -0.05) is 134 Å². The lowest BCUT2D eigenvalue weighted by atomic mass is 9.87. The summed E-state index contributed by atoms with van der Waals surface area (Å²) in [5.41, 5.74) is 5.42. The summed E-state index contributed by atoms with van der Waals surface area (Å²) in [4.78, 5) is 30.3. The second kappa shape index (κ2) is 13.9. The molecule has 4 aromatic rings. The van der Waals surface area contributed by atoms with Gasteiger partial charge in [-0.2, -0.15) is 0 Å². The number of hydrogen-bond donors (Lipinski definition) is 1. The van der Waals surface area contributed by atoms with Gasteiger partial charge in [0.05, 0.1) is 0 Å². The number of rotatable bonds is 11. The van der Waals surface area contributed by atoms with Crippen molar-refractivity contribution in [3.8, 4) is 0 Å². The van der Waals surface area contributed by atoms with Gasteiger partial charge in [0.1, 0.15) is 6.04 Å². The van der Waals surface area contributed by atoms with Crippen LogP contribution in [0.15, 0.2) is 115 Å². The fourth-order valence-electron chi connectivity index (χ4n) is 5.90. The molecular weight excluding hydrogens is 504 g/mol. The minimum atomic E-state index is -0.612. The summed E-state index contributed by atoms with van der Waals surface area (Å²) >= 11 is 0. The lowest BCUT2D eigenvalue weighted by Gasteiger charge is -2.33. The number of hydrogen-bond acceptors (Lipinski definition) is 2. The smallest absolute Gasteiger partial charge is 0.243 e. The molecule has 5 rings (SSSR count). The standard InChI is InChI=1S/C37H40N2O2/c1-28-21-23-30(24-22-28)27-39(35(25-29-13-5-2-6-14-29)37(41)38-33-19-11-12-20-33)36(40)26-34(31-15-7-3-8-16-31)32-17-9-4-10-18-32/h2-10,13-18,21-24,33-35H,11-12,19-20,25-27H2,1H3,(H,38,41)/t35-/m1/s1. The van der Waals surface area contributed by atoms with E-state index in [0.29, 0.717) is 13.0 Å². The minimum Gasteiger partial charge on any atom is -0.352 e. The first-order valence-corrected chi connectivity index (χ1v) is 14.9. The molecular formula is C37H40N2O2. The fraction of sp³-hybridized carbons (Fsp3) is 0.297. The van der Waals surface area contributed by atoms with Crippen molar-refractivity contribution < 1.29 is 9.59 Å². The first-order valence-electron chi connectivity index (χ1n) is 14.9. The predicted octanol–water partition coefficient (Wildman–Crippen LogP) is 7.22. The molecule has 0 radical (unpaired) electrons. The normalized spacial score (nSPS) is 14.1. The van der Waals surface area contributed by atoms with E-state index < -0.39 is 6.04 Å². The zero-order valence-electron chi connectivity index (χ0n) is 23.9. The lowest BCUT2D eigenvalue weighted by Crippen LogP contribution is -2.52. The van der Waals surface area contributed by atoms with Crippen LogP contribution in [0.3, 0.4) is 0 Å². The van der Waals surface area contributed by atoms with E-state index >= 15 is 0 Å². The van der Waals surface area contributed by atoms with E-state index in [-0.39, 0.29) is 30.2 Å². The molecule has 1 aliphatic carbocycles. The third kappa shape index (κ3) is 7.73. The van der Waals surface area contributed by atoms with Gasteiger partial charge in [0.2, 0.25) is 11.8 Å². The lowest BCUT2D eigenvalue weighted by molar-refractivity contribution is -0.141. The van der Waals surface area contributed by atoms with Gasteiger partial charge in [-0.05, 0) is 42.0 Å². The van der Waals surface area contributed by atoms with Crippen LogP contribution < -0.4 is 5.32 Å². The van der Waals surface area contributed by atoms with E-state index in [1.165, 1.54) is 5.56 Å². The average molecular weight is 545 g/mol. The molecule has 0 saturated heterocycles. The van der Waals surface area contributed by atoms with E-state index in [0.717, 1.165) is 47.9 Å². The molecule has 1 atom stereocenters. The molecule has 0 bridgehead atoms. The number of carbonyl (C=O) groups excluding carboxylic acids is 2. The summed E-state index contributed by atoms with van der Waals surface area (Å²) in [6, 6.07) is 38.3. The Morgan fingerprint density at radius 1 is 0.732 bits per heavy atom. The van der Waals surface area contributed by atoms with Crippen LogP contribution in [-0.2, 0) is 22.6 Å². The number of benzene rings is 4. The van der Waals surface area contributed by atoms with Crippen LogP contribution in [0.4, 0.5) is 0 Å². The van der Waals surface area contributed by atoms with Crippen LogP contribution in [-0.4, -0.2) is 28.8 Å². The third-order valence-corrected chi connectivity index (χ3v) is 8.23. The molecule has 1 saturated carbocycles. The Hall–Kier alpha value is -4.18. The second-order valence-electron chi connectivity index (χ2n) is 11.3. The van der Waals surface area contributed by atoms with Crippen molar-refractivity contribution in [1.82, 2.24) is 10.2 Å². The van der Waals surface area contributed by atoms with Gasteiger partial charge in [0, 0.05) is 31.3 Å². The third-order valence-electron chi connectivity index (χ3n) is 8.23. The largest absolute Gasteiger partial charge is 0.352 e. The summed E-state index contributed by atoms with van der Waals surface area (Å²) in [5.74, 6) is -0.191. The molecule has 4 nitrogen and oxygen atoms in total. The van der Waals surface area contributed by atoms with Crippen LogP contribution >= 0.6 is 0 Å². The molecule has 4 heteroatoms. The van der Waals surface area contributed by atoms with E-state index in [4.69, 9.17) is 0 Å². The number of amides is 2. The van der Waals surface area contributed by atoms with Gasteiger partial charge >= 0.3 is 0 Å². The van der Waals surface area contributed by atoms with Crippen molar-refractivity contribution >= 4 is 11.8 Å². The molecule has 0 aliphatic heterocycles. The molecule has 0 heterocycles. The predicted molar refractivity (Wildman–Crippen MR) is 165 cm³/mol. The Bertz CT molecular complexity index is 1340. The maximum atomic E-state index is 14.5. The SMILES string of the molecule is Cc1ccc(CN(C(=O)CC(c2ccccc2)c2ccccc2)[C@H](Cc2ccccc2)C(=O)NC2CCCC2)cc1. The van der Waals surface area contributed by atoms with Crippen molar-refractivity contribution in [3.05, 3.63) is 143 Å². The van der Waals surface area contributed by atoms with Crippen molar-refractivity contribution in [2.24, 2.45) is 0 Å². The Balaban J connectivity index is 1.50. The van der Waals surface area contributed by atoms with Gasteiger partial charge in [-0.3, -0.25) is 9.59 Å². The highest BCUT2D eigenvalue weighted by Gasteiger charge is 2.33. The summed E-state index contributed by atoms with van der Waals surface area (Å²) in [5, 5.41) is 3.31. The van der Waals surface area contributed by atoms with Crippen LogP contribution in [0.5, 0.6) is 0 Å². The number of carbonyl (C=O) groups is 2. The quantitative estimate of drug-likeness (QED) is 0.217. The Kier molecular flexibility index (Phi) is 9.64. The van der Waals surface area contributed by atoms with Crippen LogP contribution in [0.2, 0.25) is 0 Å². The number of nitrogens with one attached hydrogen (secondary N) is 1. The molecule has 41 heavy (non-hydrogen) atoms. The number of nitrogens with zero attached hydrogens (tertiary/aromatic N) is 1. The summed E-state index contributed by atoms with van der Waals surface area (Å²) in [7, 11) is 0. The van der Waals surface area contributed by atoms with Crippen LogP contribution in [0.25, 0.3) is 0 Å². The molecule has 2 amide bonds. The first-order chi connectivity index (χ1) is 20.1. The summed E-state index contributed by atoms with van der Waals surface area (Å²) < 4.78 is 0. The molecule has 0 aromatic heterocycles. The molecule has 210 valence electrons. The molecule has 1 N–H and O–H groups in total. The van der Waals surface area contributed by atoms with Gasteiger partial charge in [-0.25, -0.2) is 0 Å². The van der Waals surface area contributed by atoms with Crippen molar-refractivity contribution in [1.29, 1.82) is 0 Å². The van der Waals surface area contributed by atoms with E-state index in [2.05, 4.69) is 60.8 Å². The van der Waals surface area contributed by atoms with E-state index in [1.807, 2.05) is 71.6 Å². The molecule has 0 unspecified atom stereocenters. The van der Waals surface area contributed by atoms with E-state index in [9.17, 15) is 9.59 Å². The van der Waals surface area contributed by atoms with Crippen LogP contribution in [0, 0.1) is 6.92 Å². The number of aryl methyl sites for hydroxylation is 1. The highest BCUT2D eigenvalue weighted by Crippen LogP contribution is 2.30. The molecule has 1 aliphatic rings. The molecule has 1 fully saturated rings. The molecule has 4 aromatic carbocycles. The Morgan fingerprint density at radius 2 is 1.27 bits per heavy atom. The maximum absolute atomic E-state index is 14.5. The minimum absolute atomic E-state index is 0.0224. The first kappa shape index (κ1) is 28.4. The van der Waals surface area contributed by atoms with Crippen molar-refractivity contribution in [2.45, 2.75) is 70.0 Å². The van der Waals surface area contributed by atoms with Gasteiger partial charge in [-0.15, -0.1) is 0 Å². The Morgan fingerprint density at radius 3 is 1.83 bits per heavy atom. The monoisotopic (exact) mass is 544 g/mol. The topological polar surface area (TPSA) is 49.4 Å². The zero-order valence-corrected chi connectivity index (χ0v) is 23.9. The van der Waals surface area contributed by atoms with Gasteiger partial charge in [0.15, 0.2) is 0 Å². The van der Waals surface area contributed by atoms with E-state index in [1.54, 1.807) is 0 Å². The fourth-order valence-corrected chi connectivity index (χ4v) is 5.90. The summed E-state index contributed by atoms with van der Waals surface area (Å²) in [6.45, 7) is 2.44. The average Bonchev–Trinajstić information content (AvgIpc) is 3.53. The van der Waals surface area contributed by atoms with Crippen LogP contribution in [0.1, 0.15) is 65.8 Å². The highest BCUT2D eigenvalue weighted by molar-refractivity contribution is 5.88. The highest BCUT2D eigenvalue weighted by atomic mass is 16.2. The zero-order chi connectivity index (χ0) is 28.4. The summed E-state index contributed by atoms with van der Waals surface area (Å²) in [6.07, 6.45) is 5.02.